The molecule has 0 heterocycles. The van der Waals surface area contributed by atoms with E-state index in [0.29, 0.717) is 4.75 Å². The van der Waals surface area contributed by atoms with Gasteiger partial charge in [0.2, 0.25) is 0 Å². The van der Waals surface area contributed by atoms with Crippen molar-refractivity contribution in [2.24, 2.45) is 0 Å². The van der Waals surface area contributed by atoms with Crippen LogP contribution in [0, 0.1) is 0 Å². The minimum absolute atomic E-state index is 0.316. The van der Waals surface area contributed by atoms with E-state index < -0.39 is 0 Å². The molecule has 0 aromatic heterocycles. The van der Waals surface area contributed by atoms with Gasteiger partial charge in [0.05, 0.1) is 0 Å². The lowest BCUT2D eigenvalue weighted by Crippen LogP contribution is -2.28. The highest BCUT2D eigenvalue weighted by Gasteiger charge is 2.33. The summed E-state index contributed by atoms with van der Waals surface area (Å²) in [5.74, 6) is 1.26. The first-order valence-electron chi connectivity index (χ1n) is 7.01. The standard InChI is InChI=1S/C17H24S/c1-4-11-18-17(13-16-7-5-6-8-16)10-9-14(2)12-15(17)3/h5,7-9,12H,4,6,10-11,13H2,1-3H3. The first-order valence-corrected chi connectivity index (χ1v) is 8.00. The lowest BCUT2D eigenvalue weighted by molar-refractivity contribution is 0.666. The Morgan fingerprint density at radius 1 is 1.28 bits per heavy atom. The molecular formula is C17H24S. The monoisotopic (exact) mass is 260 g/mol. The molecule has 2 aliphatic carbocycles. The smallest absolute Gasteiger partial charge is 0.0443 e. The van der Waals surface area contributed by atoms with Gasteiger partial charge in [0, 0.05) is 4.75 Å². The molecule has 1 unspecified atom stereocenters. The average molecular weight is 260 g/mol. The van der Waals surface area contributed by atoms with Gasteiger partial charge in [-0.1, -0.05) is 54.0 Å². The molecule has 2 rings (SSSR count). The summed E-state index contributed by atoms with van der Waals surface area (Å²) in [6.45, 7) is 6.81. The maximum atomic E-state index is 2.41. The molecule has 0 spiro atoms. The molecule has 0 aliphatic heterocycles. The molecule has 1 atom stereocenters. The molecule has 0 saturated heterocycles. The zero-order valence-electron chi connectivity index (χ0n) is 11.8. The highest BCUT2D eigenvalue weighted by molar-refractivity contribution is 8.00. The fourth-order valence-corrected chi connectivity index (χ4v) is 4.07. The summed E-state index contributed by atoms with van der Waals surface area (Å²) in [5, 5.41) is 0. The van der Waals surface area contributed by atoms with Gasteiger partial charge in [0.25, 0.3) is 0 Å². The van der Waals surface area contributed by atoms with E-state index in [-0.39, 0.29) is 0 Å². The lowest BCUT2D eigenvalue weighted by atomic mass is 9.84. The van der Waals surface area contributed by atoms with Crippen LogP contribution in [0.1, 0.15) is 46.5 Å². The van der Waals surface area contributed by atoms with Gasteiger partial charge in [0.1, 0.15) is 0 Å². The minimum atomic E-state index is 0.316. The van der Waals surface area contributed by atoms with Crippen molar-refractivity contribution >= 4 is 11.8 Å². The highest BCUT2D eigenvalue weighted by Crippen LogP contribution is 2.45. The summed E-state index contributed by atoms with van der Waals surface area (Å²) >= 11 is 2.15. The maximum Gasteiger partial charge on any atom is 0.0443 e. The molecule has 1 heteroatoms. The van der Waals surface area contributed by atoms with E-state index >= 15 is 0 Å². The minimum Gasteiger partial charge on any atom is -0.150 e. The van der Waals surface area contributed by atoms with Crippen LogP contribution in [0.15, 0.2) is 47.1 Å². The first-order chi connectivity index (χ1) is 8.66. The van der Waals surface area contributed by atoms with Crippen LogP contribution in [-0.4, -0.2) is 10.5 Å². The molecule has 0 aromatic rings. The Balaban J connectivity index is 2.18. The van der Waals surface area contributed by atoms with E-state index in [1.54, 1.807) is 5.57 Å². The van der Waals surface area contributed by atoms with E-state index in [9.17, 15) is 0 Å². The topological polar surface area (TPSA) is 0 Å². The predicted molar refractivity (Wildman–Crippen MR) is 84.1 cm³/mol. The molecule has 0 N–H and O–H groups in total. The zero-order valence-corrected chi connectivity index (χ0v) is 12.6. The van der Waals surface area contributed by atoms with Crippen molar-refractivity contribution in [2.75, 3.05) is 5.75 Å². The third-order valence-corrected chi connectivity index (χ3v) is 5.63. The fraction of sp³-hybridized carbons (Fsp3) is 0.529. The second-order valence-corrected chi connectivity index (χ2v) is 6.89. The van der Waals surface area contributed by atoms with Gasteiger partial charge in [-0.3, -0.25) is 0 Å². The number of rotatable bonds is 5. The Labute approximate surface area is 116 Å². The van der Waals surface area contributed by atoms with Gasteiger partial charge in [-0.25, -0.2) is 0 Å². The van der Waals surface area contributed by atoms with Crippen LogP contribution in [0.5, 0.6) is 0 Å². The molecule has 98 valence electrons. The summed E-state index contributed by atoms with van der Waals surface area (Å²) in [6.07, 6.45) is 16.5. The molecule has 0 aromatic carbocycles. The van der Waals surface area contributed by atoms with Crippen LogP contribution in [0.4, 0.5) is 0 Å². The van der Waals surface area contributed by atoms with E-state index in [4.69, 9.17) is 0 Å². The molecular weight excluding hydrogens is 236 g/mol. The van der Waals surface area contributed by atoms with Crippen molar-refractivity contribution in [2.45, 2.75) is 51.2 Å². The van der Waals surface area contributed by atoms with Gasteiger partial charge >= 0.3 is 0 Å². The molecule has 0 fully saturated rings. The molecule has 2 aliphatic rings. The predicted octanol–water partition coefficient (Wildman–Crippen LogP) is 5.44. The van der Waals surface area contributed by atoms with E-state index in [1.807, 2.05) is 0 Å². The first kappa shape index (κ1) is 13.7. The van der Waals surface area contributed by atoms with Gasteiger partial charge < -0.3 is 0 Å². The van der Waals surface area contributed by atoms with E-state index in [0.717, 1.165) is 6.42 Å². The van der Waals surface area contributed by atoms with Crippen LogP contribution in [0.25, 0.3) is 0 Å². The van der Waals surface area contributed by atoms with Crippen molar-refractivity contribution in [1.29, 1.82) is 0 Å². The Morgan fingerprint density at radius 3 is 2.72 bits per heavy atom. The highest BCUT2D eigenvalue weighted by atomic mass is 32.2. The van der Waals surface area contributed by atoms with Gasteiger partial charge in [-0.05, 0) is 45.3 Å². The SMILES string of the molecule is CCCSC1(CC2=CCC=C2)CC=C(C)C=C1C. The second-order valence-electron chi connectivity index (χ2n) is 5.42. The normalized spacial score (nSPS) is 26.9. The van der Waals surface area contributed by atoms with Crippen molar-refractivity contribution in [3.8, 4) is 0 Å². The maximum absolute atomic E-state index is 2.41. The van der Waals surface area contributed by atoms with Gasteiger partial charge in [-0.15, -0.1) is 0 Å². The van der Waals surface area contributed by atoms with Gasteiger partial charge in [0.15, 0.2) is 0 Å². The quantitative estimate of drug-likeness (QED) is 0.634. The molecule has 0 radical (unpaired) electrons. The summed E-state index contributed by atoms with van der Waals surface area (Å²) in [6, 6.07) is 0. The van der Waals surface area contributed by atoms with Crippen LogP contribution in [-0.2, 0) is 0 Å². The summed E-state index contributed by atoms with van der Waals surface area (Å²) in [5.41, 5.74) is 4.51. The fourth-order valence-electron chi connectivity index (χ4n) is 2.72. The Hall–Kier alpha value is -0.690. The molecule has 18 heavy (non-hydrogen) atoms. The molecule has 0 amide bonds. The van der Waals surface area contributed by atoms with Crippen molar-refractivity contribution in [3.63, 3.8) is 0 Å². The van der Waals surface area contributed by atoms with Crippen LogP contribution in [0.3, 0.4) is 0 Å². The Morgan fingerprint density at radius 2 is 2.11 bits per heavy atom. The number of hydrogen-bond acceptors (Lipinski definition) is 1. The Kier molecular flexibility index (Phi) is 4.55. The molecule has 0 bridgehead atoms. The largest absolute Gasteiger partial charge is 0.150 e. The number of hydrogen-bond donors (Lipinski definition) is 0. The second kappa shape index (κ2) is 5.97. The van der Waals surface area contributed by atoms with Crippen molar-refractivity contribution in [3.05, 3.63) is 47.1 Å². The lowest BCUT2D eigenvalue weighted by Gasteiger charge is -2.36. The van der Waals surface area contributed by atoms with E-state index in [2.05, 4.69) is 62.9 Å². The number of allylic oxidation sites excluding steroid dienone is 7. The van der Waals surface area contributed by atoms with Crippen molar-refractivity contribution < 1.29 is 0 Å². The number of thioether (sulfide) groups is 1. The van der Waals surface area contributed by atoms with E-state index in [1.165, 1.54) is 36.2 Å². The zero-order chi connectivity index (χ0) is 13.0. The van der Waals surface area contributed by atoms with Crippen molar-refractivity contribution in [1.82, 2.24) is 0 Å². The summed E-state index contributed by atoms with van der Waals surface area (Å²) in [4.78, 5) is 0. The molecule has 0 saturated carbocycles. The summed E-state index contributed by atoms with van der Waals surface area (Å²) < 4.78 is 0.316. The Bertz CT molecular complexity index is 423. The third-order valence-electron chi connectivity index (χ3n) is 3.84. The van der Waals surface area contributed by atoms with Crippen LogP contribution >= 0.6 is 11.8 Å². The van der Waals surface area contributed by atoms with Gasteiger partial charge in [-0.2, -0.15) is 11.8 Å². The molecule has 0 nitrogen and oxygen atoms in total. The summed E-state index contributed by atoms with van der Waals surface area (Å²) in [7, 11) is 0. The third kappa shape index (κ3) is 3.00. The van der Waals surface area contributed by atoms with Crippen LogP contribution in [0.2, 0.25) is 0 Å². The average Bonchev–Trinajstić information content (AvgIpc) is 2.84. The van der Waals surface area contributed by atoms with Crippen LogP contribution < -0.4 is 0 Å².